The molecule has 1 aromatic carbocycles. The topological polar surface area (TPSA) is 46.2 Å². The van der Waals surface area contributed by atoms with Crippen molar-refractivity contribution in [2.24, 2.45) is 17.1 Å². The van der Waals surface area contributed by atoms with E-state index in [4.69, 9.17) is 5.73 Å². The van der Waals surface area contributed by atoms with E-state index in [-0.39, 0.29) is 11.5 Å². The Labute approximate surface area is 96.5 Å². The van der Waals surface area contributed by atoms with Crippen LogP contribution < -0.4 is 5.73 Å². The first-order chi connectivity index (χ1) is 7.75. The van der Waals surface area contributed by atoms with E-state index in [0.29, 0.717) is 12.5 Å². The van der Waals surface area contributed by atoms with Crippen LogP contribution in [0.5, 0.6) is 0 Å². The number of aliphatic hydroxyl groups excluding tert-OH is 1. The molecule has 0 saturated heterocycles. The van der Waals surface area contributed by atoms with E-state index in [2.05, 4.69) is 24.3 Å². The minimum atomic E-state index is -0.204. The Hall–Kier alpha value is -0.860. The monoisotopic (exact) mass is 217 g/mol. The molecule has 2 nitrogen and oxygen atoms in total. The van der Waals surface area contributed by atoms with E-state index in [1.54, 1.807) is 0 Å². The van der Waals surface area contributed by atoms with Gasteiger partial charge in [0.1, 0.15) is 0 Å². The van der Waals surface area contributed by atoms with Crippen LogP contribution in [-0.4, -0.2) is 17.8 Å². The van der Waals surface area contributed by atoms with E-state index in [1.807, 2.05) is 0 Å². The molecule has 2 aliphatic carbocycles. The van der Waals surface area contributed by atoms with Gasteiger partial charge in [-0.15, -0.1) is 0 Å². The van der Waals surface area contributed by atoms with Gasteiger partial charge in [0.05, 0.1) is 6.10 Å². The van der Waals surface area contributed by atoms with Gasteiger partial charge in [0.25, 0.3) is 0 Å². The highest BCUT2D eigenvalue weighted by atomic mass is 16.3. The summed E-state index contributed by atoms with van der Waals surface area (Å²) < 4.78 is 0. The Kier molecular flexibility index (Phi) is 2.30. The van der Waals surface area contributed by atoms with Crippen molar-refractivity contribution < 1.29 is 5.11 Å². The zero-order valence-electron chi connectivity index (χ0n) is 9.52. The number of aliphatic hydroxyl groups is 1. The summed E-state index contributed by atoms with van der Waals surface area (Å²) in [6.45, 7) is 0.597. The molecule has 16 heavy (non-hydrogen) atoms. The van der Waals surface area contributed by atoms with Gasteiger partial charge in [-0.05, 0) is 42.7 Å². The Balaban J connectivity index is 1.89. The third-order valence-corrected chi connectivity index (χ3v) is 4.31. The van der Waals surface area contributed by atoms with E-state index in [9.17, 15) is 5.11 Å². The molecule has 0 spiro atoms. The van der Waals surface area contributed by atoms with Gasteiger partial charge in [-0.3, -0.25) is 0 Å². The quantitative estimate of drug-likeness (QED) is 0.806. The van der Waals surface area contributed by atoms with Gasteiger partial charge in [-0.2, -0.15) is 0 Å². The van der Waals surface area contributed by atoms with Crippen LogP contribution >= 0.6 is 0 Å². The lowest BCUT2D eigenvalue weighted by atomic mass is 9.77. The van der Waals surface area contributed by atoms with Crippen molar-refractivity contribution in [3.63, 3.8) is 0 Å². The van der Waals surface area contributed by atoms with Crippen molar-refractivity contribution in [2.45, 2.75) is 31.8 Å². The third kappa shape index (κ3) is 1.48. The van der Waals surface area contributed by atoms with Crippen LogP contribution in [0.25, 0.3) is 0 Å². The van der Waals surface area contributed by atoms with Gasteiger partial charge in [-0.25, -0.2) is 0 Å². The Morgan fingerprint density at radius 2 is 1.81 bits per heavy atom. The van der Waals surface area contributed by atoms with Crippen molar-refractivity contribution in [2.75, 3.05) is 6.54 Å². The summed E-state index contributed by atoms with van der Waals surface area (Å²) in [5.41, 5.74) is 8.64. The number of nitrogens with two attached hydrogens (primary N) is 1. The van der Waals surface area contributed by atoms with E-state index < -0.39 is 0 Å². The molecule has 3 N–H and O–H groups in total. The summed E-state index contributed by atoms with van der Waals surface area (Å²) >= 11 is 0. The Morgan fingerprint density at radius 3 is 2.25 bits per heavy atom. The maximum absolute atomic E-state index is 10.4. The molecule has 1 unspecified atom stereocenters. The van der Waals surface area contributed by atoms with Gasteiger partial charge in [-0.1, -0.05) is 24.3 Å². The van der Waals surface area contributed by atoms with Crippen LogP contribution in [0, 0.1) is 11.3 Å². The van der Waals surface area contributed by atoms with Crippen LogP contribution in [0.4, 0.5) is 0 Å². The van der Waals surface area contributed by atoms with Crippen LogP contribution in [0.2, 0.25) is 0 Å². The summed E-state index contributed by atoms with van der Waals surface area (Å²) in [4.78, 5) is 0. The van der Waals surface area contributed by atoms with Gasteiger partial charge in [0, 0.05) is 12.0 Å². The molecule has 86 valence electrons. The van der Waals surface area contributed by atoms with Gasteiger partial charge < -0.3 is 10.8 Å². The van der Waals surface area contributed by atoms with E-state index in [1.165, 1.54) is 24.0 Å². The molecule has 3 rings (SSSR count). The second kappa shape index (κ2) is 3.57. The van der Waals surface area contributed by atoms with Crippen molar-refractivity contribution in [3.05, 3.63) is 35.4 Å². The molecule has 1 atom stereocenters. The summed E-state index contributed by atoms with van der Waals surface area (Å²) in [6.07, 6.45) is 4.07. The summed E-state index contributed by atoms with van der Waals surface area (Å²) in [7, 11) is 0. The smallest absolute Gasteiger partial charge is 0.0643 e. The molecular weight excluding hydrogens is 198 g/mol. The zero-order valence-corrected chi connectivity index (χ0v) is 9.52. The molecule has 0 amide bonds. The fourth-order valence-corrected chi connectivity index (χ4v) is 3.11. The fourth-order valence-electron chi connectivity index (χ4n) is 3.11. The summed E-state index contributed by atoms with van der Waals surface area (Å²) in [6, 6.07) is 8.50. The lowest BCUT2D eigenvalue weighted by molar-refractivity contribution is 0.0196. The standard InChI is InChI=1S/C14H19NO/c15-9-14(13(16)10-5-6-10)7-11-3-1-2-4-12(11)8-14/h1-4,10,13,16H,5-9,15H2. The van der Waals surface area contributed by atoms with Crippen molar-refractivity contribution in [1.29, 1.82) is 0 Å². The average Bonchev–Trinajstić information content (AvgIpc) is 3.08. The predicted molar refractivity (Wildman–Crippen MR) is 64.1 cm³/mol. The zero-order chi connectivity index (χ0) is 11.2. The highest BCUT2D eigenvalue weighted by molar-refractivity contribution is 5.35. The third-order valence-electron chi connectivity index (χ3n) is 4.31. The molecular formula is C14H19NO. The number of rotatable bonds is 3. The number of hydrogen-bond donors (Lipinski definition) is 2. The lowest BCUT2D eigenvalue weighted by Crippen LogP contribution is -2.43. The maximum Gasteiger partial charge on any atom is 0.0643 e. The molecule has 1 saturated carbocycles. The van der Waals surface area contributed by atoms with Crippen LogP contribution in [0.15, 0.2) is 24.3 Å². The fraction of sp³-hybridized carbons (Fsp3) is 0.571. The molecule has 0 bridgehead atoms. The SMILES string of the molecule is NCC1(C(O)C2CC2)Cc2ccccc2C1. The molecule has 2 heteroatoms. The molecule has 0 aromatic heterocycles. The number of fused-ring (bicyclic) bond motifs is 1. The van der Waals surface area contributed by atoms with Gasteiger partial charge in [0.2, 0.25) is 0 Å². The highest BCUT2D eigenvalue weighted by Crippen LogP contribution is 2.47. The first-order valence-electron chi connectivity index (χ1n) is 6.20. The van der Waals surface area contributed by atoms with Crippen molar-refractivity contribution in [3.8, 4) is 0 Å². The number of hydrogen-bond acceptors (Lipinski definition) is 2. The summed E-state index contributed by atoms with van der Waals surface area (Å²) in [5.74, 6) is 0.512. The largest absolute Gasteiger partial charge is 0.392 e. The highest BCUT2D eigenvalue weighted by Gasteiger charge is 2.47. The van der Waals surface area contributed by atoms with Crippen molar-refractivity contribution in [1.82, 2.24) is 0 Å². The molecule has 2 aliphatic rings. The molecule has 1 aromatic rings. The normalized spacial score (nSPS) is 24.1. The predicted octanol–water partition coefficient (Wildman–Crippen LogP) is 1.50. The van der Waals surface area contributed by atoms with Crippen molar-refractivity contribution >= 4 is 0 Å². The molecule has 0 radical (unpaired) electrons. The van der Waals surface area contributed by atoms with E-state index >= 15 is 0 Å². The Bertz CT molecular complexity index is 372. The van der Waals surface area contributed by atoms with Gasteiger partial charge in [0.15, 0.2) is 0 Å². The van der Waals surface area contributed by atoms with Crippen LogP contribution in [0.3, 0.4) is 0 Å². The second-order valence-corrected chi connectivity index (χ2v) is 5.47. The minimum Gasteiger partial charge on any atom is -0.392 e. The second-order valence-electron chi connectivity index (χ2n) is 5.47. The van der Waals surface area contributed by atoms with E-state index in [0.717, 1.165) is 12.8 Å². The first-order valence-corrected chi connectivity index (χ1v) is 6.20. The first kappa shape index (κ1) is 10.3. The molecule has 1 fully saturated rings. The van der Waals surface area contributed by atoms with Crippen LogP contribution in [-0.2, 0) is 12.8 Å². The van der Waals surface area contributed by atoms with Crippen LogP contribution in [0.1, 0.15) is 24.0 Å². The minimum absolute atomic E-state index is 0.0785. The number of benzene rings is 1. The lowest BCUT2D eigenvalue weighted by Gasteiger charge is -2.33. The maximum atomic E-state index is 10.4. The Morgan fingerprint density at radius 1 is 1.25 bits per heavy atom. The average molecular weight is 217 g/mol. The molecule has 0 heterocycles. The molecule has 0 aliphatic heterocycles. The van der Waals surface area contributed by atoms with Gasteiger partial charge >= 0.3 is 0 Å². The summed E-state index contributed by atoms with van der Waals surface area (Å²) in [5, 5.41) is 10.4.